The van der Waals surface area contributed by atoms with Gasteiger partial charge < -0.3 is 15.1 Å². The molecule has 5 heteroatoms. The van der Waals surface area contributed by atoms with Gasteiger partial charge in [0.25, 0.3) is 0 Å². The molecule has 0 radical (unpaired) electrons. The summed E-state index contributed by atoms with van der Waals surface area (Å²) in [4.78, 5) is 21.3. The van der Waals surface area contributed by atoms with Crippen molar-refractivity contribution >= 4 is 11.9 Å². The molecule has 0 unspecified atom stereocenters. The van der Waals surface area contributed by atoms with Gasteiger partial charge in [-0.1, -0.05) is 38.1 Å². The van der Waals surface area contributed by atoms with E-state index in [9.17, 15) is 4.79 Å². The summed E-state index contributed by atoms with van der Waals surface area (Å²) in [6.07, 6.45) is 1.66. The zero-order chi connectivity index (χ0) is 19.7. The first kappa shape index (κ1) is 19.7. The summed E-state index contributed by atoms with van der Waals surface area (Å²) in [5.41, 5.74) is 2.76. The van der Waals surface area contributed by atoms with Gasteiger partial charge in [-0.05, 0) is 38.3 Å². The second kappa shape index (κ2) is 7.53. The largest absolute Gasteiger partial charge is 0.356 e. The van der Waals surface area contributed by atoms with Gasteiger partial charge in [-0.25, -0.2) is 4.99 Å². The molecule has 2 fully saturated rings. The number of amides is 1. The number of nitrogens with one attached hydrogen (secondary N) is 1. The van der Waals surface area contributed by atoms with Crippen molar-refractivity contribution in [3.63, 3.8) is 0 Å². The molecule has 5 nitrogen and oxygen atoms in total. The molecule has 2 heterocycles. The molecule has 2 aliphatic heterocycles. The van der Waals surface area contributed by atoms with E-state index in [0.717, 1.165) is 32.0 Å². The Kier molecular flexibility index (Phi) is 5.50. The number of benzene rings is 1. The van der Waals surface area contributed by atoms with Crippen molar-refractivity contribution in [3.8, 4) is 0 Å². The molecule has 148 valence electrons. The SMILES string of the molecule is CCNC(=NCc1ccccc1CN1CCCC1=O)N1CC(C)(C)C1(C)C. The van der Waals surface area contributed by atoms with E-state index >= 15 is 0 Å². The predicted molar refractivity (Wildman–Crippen MR) is 110 cm³/mol. The molecule has 1 amide bonds. The van der Waals surface area contributed by atoms with Gasteiger partial charge in [0.2, 0.25) is 5.91 Å². The molecule has 3 rings (SSSR count). The topological polar surface area (TPSA) is 47.9 Å². The number of aliphatic imine (C=N–C) groups is 1. The average molecular weight is 371 g/mol. The van der Waals surface area contributed by atoms with Gasteiger partial charge in [-0.15, -0.1) is 0 Å². The van der Waals surface area contributed by atoms with Crippen LogP contribution < -0.4 is 5.32 Å². The number of nitrogens with zero attached hydrogens (tertiary/aromatic N) is 3. The summed E-state index contributed by atoms with van der Waals surface area (Å²) in [6, 6.07) is 8.37. The Morgan fingerprint density at radius 1 is 1.19 bits per heavy atom. The number of guanidine groups is 1. The minimum Gasteiger partial charge on any atom is -0.356 e. The summed E-state index contributed by atoms with van der Waals surface area (Å²) in [6.45, 7) is 15.4. The summed E-state index contributed by atoms with van der Waals surface area (Å²) in [7, 11) is 0. The van der Waals surface area contributed by atoms with Crippen molar-refractivity contribution in [3.05, 3.63) is 35.4 Å². The minimum absolute atomic E-state index is 0.0789. The van der Waals surface area contributed by atoms with Gasteiger partial charge in [0.15, 0.2) is 5.96 Å². The van der Waals surface area contributed by atoms with Crippen LogP contribution in [0.4, 0.5) is 0 Å². The fraction of sp³-hybridized carbons (Fsp3) is 0.636. The molecular weight excluding hydrogens is 336 g/mol. The number of carbonyl (C=O) groups excluding carboxylic acids is 1. The van der Waals surface area contributed by atoms with Crippen molar-refractivity contribution in [1.29, 1.82) is 0 Å². The van der Waals surface area contributed by atoms with Crippen LogP contribution in [-0.4, -0.2) is 46.8 Å². The molecule has 1 aromatic carbocycles. The molecular formula is C22H34N4O. The molecule has 0 atom stereocenters. The van der Waals surface area contributed by atoms with Crippen LogP contribution in [0.15, 0.2) is 29.3 Å². The molecule has 0 saturated carbocycles. The van der Waals surface area contributed by atoms with E-state index in [1.54, 1.807) is 0 Å². The molecule has 1 aromatic rings. The van der Waals surface area contributed by atoms with Crippen molar-refractivity contribution in [1.82, 2.24) is 15.1 Å². The highest BCUT2D eigenvalue weighted by atomic mass is 16.2. The van der Waals surface area contributed by atoms with Crippen LogP contribution in [0.1, 0.15) is 58.6 Å². The lowest BCUT2D eigenvalue weighted by atomic mass is 9.65. The maximum atomic E-state index is 12.0. The Labute approximate surface area is 163 Å². The molecule has 1 N–H and O–H groups in total. The number of carbonyl (C=O) groups is 1. The Hall–Kier alpha value is -2.04. The van der Waals surface area contributed by atoms with E-state index in [0.29, 0.717) is 19.5 Å². The molecule has 2 saturated heterocycles. The molecule has 0 aromatic heterocycles. The van der Waals surface area contributed by atoms with Gasteiger partial charge in [-0.2, -0.15) is 0 Å². The zero-order valence-corrected chi connectivity index (χ0v) is 17.5. The Balaban J connectivity index is 1.76. The maximum absolute atomic E-state index is 12.0. The van der Waals surface area contributed by atoms with Crippen LogP contribution in [0.2, 0.25) is 0 Å². The maximum Gasteiger partial charge on any atom is 0.222 e. The van der Waals surface area contributed by atoms with Crippen molar-refractivity contribution in [2.75, 3.05) is 19.6 Å². The zero-order valence-electron chi connectivity index (χ0n) is 17.5. The first-order valence-electron chi connectivity index (χ1n) is 10.2. The summed E-state index contributed by atoms with van der Waals surface area (Å²) < 4.78 is 0. The Bertz CT molecular complexity index is 723. The monoisotopic (exact) mass is 370 g/mol. The van der Waals surface area contributed by atoms with Gasteiger partial charge in [0, 0.05) is 43.6 Å². The minimum atomic E-state index is 0.0789. The first-order valence-corrected chi connectivity index (χ1v) is 10.2. The van der Waals surface area contributed by atoms with E-state index in [4.69, 9.17) is 4.99 Å². The van der Waals surface area contributed by atoms with Crippen LogP contribution in [0.3, 0.4) is 0 Å². The van der Waals surface area contributed by atoms with Crippen LogP contribution in [0.5, 0.6) is 0 Å². The third kappa shape index (κ3) is 3.83. The number of rotatable bonds is 5. The van der Waals surface area contributed by atoms with Gasteiger partial charge in [0.05, 0.1) is 6.54 Å². The smallest absolute Gasteiger partial charge is 0.222 e. The van der Waals surface area contributed by atoms with Crippen LogP contribution in [0.25, 0.3) is 0 Å². The van der Waals surface area contributed by atoms with Crippen molar-refractivity contribution < 1.29 is 4.79 Å². The summed E-state index contributed by atoms with van der Waals surface area (Å²) >= 11 is 0. The van der Waals surface area contributed by atoms with Gasteiger partial charge in [0.1, 0.15) is 0 Å². The van der Waals surface area contributed by atoms with Gasteiger partial charge >= 0.3 is 0 Å². The lowest BCUT2D eigenvalue weighted by molar-refractivity contribution is -0.128. The fourth-order valence-corrected chi connectivity index (χ4v) is 3.90. The van der Waals surface area contributed by atoms with E-state index in [1.807, 2.05) is 4.90 Å². The molecule has 0 spiro atoms. The third-order valence-electron chi connectivity index (χ3n) is 6.53. The molecule has 0 bridgehead atoms. The Morgan fingerprint density at radius 3 is 2.44 bits per heavy atom. The highest BCUT2D eigenvalue weighted by Crippen LogP contribution is 2.46. The lowest BCUT2D eigenvalue weighted by Gasteiger charge is -2.62. The van der Waals surface area contributed by atoms with Crippen LogP contribution in [-0.2, 0) is 17.9 Å². The highest BCUT2D eigenvalue weighted by molar-refractivity contribution is 5.82. The highest BCUT2D eigenvalue weighted by Gasteiger charge is 2.53. The second-order valence-corrected chi connectivity index (χ2v) is 8.89. The average Bonchev–Trinajstić information content (AvgIpc) is 3.03. The molecule has 27 heavy (non-hydrogen) atoms. The van der Waals surface area contributed by atoms with Crippen molar-refractivity contribution in [2.45, 2.75) is 66.1 Å². The van der Waals surface area contributed by atoms with E-state index < -0.39 is 0 Å². The molecule has 0 aliphatic carbocycles. The second-order valence-electron chi connectivity index (χ2n) is 8.89. The standard InChI is InChI=1S/C22H34N4O/c1-6-23-20(26-16-21(2,3)22(26,4)5)24-14-17-10-7-8-11-18(17)15-25-13-9-12-19(25)27/h7-8,10-11H,6,9,12-16H2,1-5H3,(H,23,24). The Morgan fingerprint density at radius 2 is 1.89 bits per heavy atom. The lowest BCUT2D eigenvalue weighted by Crippen LogP contribution is -2.72. The molecule has 2 aliphatic rings. The number of likely N-dealkylation sites (tertiary alicyclic amines) is 2. The van der Waals surface area contributed by atoms with Crippen LogP contribution >= 0.6 is 0 Å². The van der Waals surface area contributed by atoms with Crippen molar-refractivity contribution in [2.24, 2.45) is 10.4 Å². The predicted octanol–water partition coefficient (Wildman–Crippen LogP) is 3.39. The third-order valence-corrected chi connectivity index (χ3v) is 6.53. The number of hydrogen-bond acceptors (Lipinski definition) is 2. The summed E-state index contributed by atoms with van der Waals surface area (Å²) in [5, 5.41) is 3.46. The van der Waals surface area contributed by atoms with Crippen LogP contribution in [0, 0.1) is 5.41 Å². The summed E-state index contributed by atoms with van der Waals surface area (Å²) in [5.74, 6) is 1.25. The van der Waals surface area contributed by atoms with E-state index in [1.165, 1.54) is 11.1 Å². The van der Waals surface area contributed by atoms with E-state index in [-0.39, 0.29) is 16.9 Å². The fourth-order valence-electron chi connectivity index (χ4n) is 3.90. The normalized spacial score (nSPS) is 21.4. The number of hydrogen-bond donors (Lipinski definition) is 1. The first-order chi connectivity index (χ1) is 12.8. The van der Waals surface area contributed by atoms with Gasteiger partial charge in [-0.3, -0.25) is 4.79 Å². The van der Waals surface area contributed by atoms with E-state index in [2.05, 4.69) is 69.1 Å². The quantitative estimate of drug-likeness (QED) is 0.638.